The van der Waals surface area contributed by atoms with Crippen molar-refractivity contribution in [3.8, 4) is 0 Å². The molecule has 1 aliphatic rings. The van der Waals surface area contributed by atoms with E-state index in [4.69, 9.17) is 11.6 Å². The Labute approximate surface area is 103 Å². The van der Waals surface area contributed by atoms with E-state index < -0.39 is 12.7 Å². The minimum absolute atomic E-state index is 0.0164. The molecule has 17 heavy (non-hydrogen) atoms. The molecular formula is C10H16ClF3N2O. The average Bonchev–Trinajstić information content (AvgIpc) is 2.24. The van der Waals surface area contributed by atoms with E-state index in [0.29, 0.717) is 31.8 Å². The molecule has 0 spiro atoms. The average molecular weight is 273 g/mol. The molecule has 0 aromatic rings. The highest BCUT2D eigenvalue weighted by atomic mass is 35.5. The number of rotatable bonds is 4. The first-order valence-electron chi connectivity index (χ1n) is 5.55. The third-order valence-electron chi connectivity index (χ3n) is 2.65. The van der Waals surface area contributed by atoms with Crippen molar-refractivity contribution in [2.75, 3.05) is 38.6 Å². The van der Waals surface area contributed by atoms with Crippen LogP contribution in [-0.4, -0.2) is 60.5 Å². The molecular weight excluding hydrogens is 257 g/mol. The van der Waals surface area contributed by atoms with Gasteiger partial charge in [0.15, 0.2) is 0 Å². The maximum atomic E-state index is 12.1. The van der Waals surface area contributed by atoms with Crippen LogP contribution in [0.15, 0.2) is 0 Å². The number of alkyl halides is 4. The first kappa shape index (κ1) is 14.6. The Morgan fingerprint density at radius 2 is 1.76 bits per heavy atom. The molecule has 0 radical (unpaired) electrons. The van der Waals surface area contributed by atoms with Gasteiger partial charge in [0.25, 0.3) is 0 Å². The molecule has 7 heteroatoms. The van der Waals surface area contributed by atoms with Gasteiger partial charge >= 0.3 is 6.18 Å². The molecule has 0 aromatic heterocycles. The van der Waals surface area contributed by atoms with Gasteiger partial charge in [-0.2, -0.15) is 13.2 Å². The molecule has 1 heterocycles. The van der Waals surface area contributed by atoms with Crippen LogP contribution in [0.1, 0.15) is 12.8 Å². The highest BCUT2D eigenvalue weighted by Gasteiger charge is 2.32. The largest absolute Gasteiger partial charge is 0.401 e. The van der Waals surface area contributed by atoms with Gasteiger partial charge in [0.1, 0.15) is 0 Å². The molecule has 1 fully saturated rings. The van der Waals surface area contributed by atoms with Gasteiger partial charge in [0, 0.05) is 38.5 Å². The molecule has 0 N–H and O–H groups in total. The monoisotopic (exact) mass is 272 g/mol. The van der Waals surface area contributed by atoms with Crippen LogP contribution in [-0.2, 0) is 4.79 Å². The first-order chi connectivity index (χ1) is 7.92. The zero-order chi connectivity index (χ0) is 12.9. The summed E-state index contributed by atoms with van der Waals surface area (Å²) < 4.78 is 36.4. The van der Waals surface area contributed by atoms with Crippen LogP contribution < -0.4 is 0 Å². The van der Waals surface area contributed by atoms with Gasteiger partial charge in [0.2, 0.25) is 5.91 Å². The second-order valence-electron chi connectivity index (χ2n) is 4.06. The predicted octanol–water partition coefficient (Wildman–Crippen LogP) is 1.71. The second kappa shape index (κ2) is 6.44. The molecule has 0 aliphatic carbocycles. The summed E-state index contributed by atoms with van der Waals surface area (Å²) in [6.07, 6.45) is -3.17. The van der Waals surface area contributed by atoms with E-state index in [0.717, 1.165) is 0 Å². The highest BCUT2D eigenvalue weighted by molar-refractivity contribution is 6.17. The Morgan fingerprint density at radius 1 is 1.18 bits per heavy atom. The Bertz CT molecular complexity index is 252. The van der Waals surface area contributed by atoms with E-state index in [1.54, 1.807) is 4.90 Å². The smallest absolute Gasteiger partial charge is 0.340 e. The molecule has 0 bridgehead atoms. The van der Waals surface area contributed by atoms with E-state index in [-0.39, 0.29) is 19.0 Å². The van der Waals surface area contributed by atoms with Gasteiger partial charge in [-0.15, -0.1) is 11.6 Å². The summed E-state index contributed by atoms with van der Waals surface area (Å²) in [5.74, 6) is 0.414. The fourth-order valence-electron chi connectivity index (χ4n) is 1.79. The number of nitrogens with zero attached hydrogens (tertiary/aromatic N) is 2. The summed E-state index contributed by atoms with van der Waals surface area (Å²) in [6, 6.07) is 0. The normalized spacial score (nSPS) is 18.5. The SMILES string of the molecule is O=C(CCCCl)N1CCN(CC(F)(F)F)CC1. The molecule has 3 nitrogen and oxygen atoms in total. The van der Waals surface area contributed by atoms with Gasteiger partial charge in [-0.25, -0.2) is 0 Å². The van der Waals surface area contributed by atoms with Crippen molar-refractivity contribution in [2.24, 2.45) is 0 Å². The molecule has 0 saturated carbocycles. The Balaban J connectivity index is 2.28. The lowest BCUT2D eigenvalue weighted by Crippen LogP contribution is -2.50. The van der Waals surface area contributed by atoms with Crippen LogP contribution in [0.4, 0.5) is 13.2 Å². The fraction of sp³-hybridized carbons (Fsp3) is 0.900. The molecule has 1 amide bonds. The van der Waals surface area contributed by atoms with Crippen molar-refractivity contribution < 1.29 is 18.0 Å². The first-order valence-corrected chi connectivity index (χ1v) is 6.08. The Morgan fingerprint density at radius 3 is 2.24 bits per heavy atom. The zero-order valence-electron chi connectivity index (χ0n) is 9.47. The van der Waals surface area contributed by atoms with E-state index in [1.165, 1.54) is 4.90 Å². The minimum Gasteiger partial charge on any atom is -0.340 e. The summed E-state index contributed by atoms with van der Waals surface area (Å²) in [5.41, 5.74) is 0. The third kappa shape index (κ3) is 5.59. The summed E-state index contributed by atoms with van der Waals surface area (Å²) in [6.45, 7) is 0.420. The van der Waals surface area contributed by atoms with Crippen LogP contribution in [0.25, 0.3) is 0 Å². The van der Waals surface area contributed by atoms with Crippen LogP contribution in [0.3, 0.4) is 0 Å². The standard InChI is InChI=1S/C10H16ClF3N2O/c11-3-1-2-9(17)16-6-4-15(5-7-16)8-10(12,13)14/h1-8H2. The molecule has 0 aromatic carbocycles. The van der Waals surface area contributed by atoms with Crippen molar-refractivity contribution in [1.82, 2.24) is 9.80 Å². The van der Waals surface area contributed by atoms with E-state index >= 15 is 0 Å². The number of hydrogen-bond acceptors (Lipinski definition) is 2. The number of hydrogen-bond donors (Lipinski definition) is 0. The molecule has 1 rings (SSSR count). The fourth-order valence-corrected chi connectivity index (χ4v) is 1.92. The van der Waals surface area contributed by atoms with E-state index in [2.05, 4.69) is 0 Å². The second-order valence-corrected chi connectivity index (χ2v) is 4.44. The lowest BCUT2D eigenvalue weighted by atomic mass is 10.2. The quantitative estimate of drug-likeness (QED) is 0.728. The number of amides is 1. The maximum absolute atomic E-state index is 12.1. The van der Waals surface area contributed by atoms with Crippen LogP contribution >= 0.6 is 11.6 Å². The summed E-state index contributed by atoms with van der Waals surface area (Å²) in [5, 5.41) is 0. The minimum atomic E-state index is -4.16. The van der Waals surface area contributed by atoms with E-state index in [1.807, 2.05) is 0 Å². The lowest BCUT2D eigenvalue weighted by molar-refractivity contribution is -0.151. The van der Waals surface area contributed by atoms with Crippen LogP contribution in [0.5, 0.6) is 0 Å². The third-order valence-corrected chi connectivity index (χ3v) is 2.92. The van der Waals surface area contributed by atoms with Gasteiger partial charge in [0.05, 0.1) is 6.54 Å². The Hall–Kier alpha value is -0.490. The number of halogens is 4. The number of carbonyl (C=O) groups excluding carboxylic acids is 1. The number of piperazine rings is 1. The topological polar surface area (TPSA) is 23.6 Å². The van der Waals surface area contributed by atoms with Crippen molar-refractivity contribution in [1.29, 1.82) is 0 Å². The predicted molar refractivity (Wildman–Crippen MR) is 59.0 cm³/mol. The molecule has 1 saturated heterocycles. The number of carbonyl (C=O) groups is 1. The van der Waals surface area contributed by atoms with Crippen molar-refractivity contribution in [3.63, 3.8) is 0 Å². The summed E-state index contributed by atoms with van der Waals surface area (Å²) >= 11 is 5.48. The molecule has 1 aliphatic heterocycles. The lowest BCUT2D eigenvalue weighted by Gasteiger charge is -2.35. The maximum Gasteiger partial charge on any atom is 0.401 e. The molecule has 0 unspecified atom stereocenters. The van der Waals surface area contributed by atoms with Gasteiger partial charge in [-0.1, -0.05) is 0 Å². The molecule has 0 atom stereocenters. The van der Waals surface area contributed by atoms with Gasteiger partial charge in [-0.05, 0) is 6.42 Å². The Kier molecular flexibility index (Phi) is 5.52. The summed E-state index contributed by atoms with van der Waals surface area (Å²) in [7, 11) is 0. The highest BCUT2D eigenvalue weighted by Crippen LogP contribution is 2.17. The van der Waals surface area contributed by atoms with Crippen LogP contribution in [0.2, 0.25) is 0 Å². The van der Waals surface area contributed by atoms with Gasteiger partial charge < -0.3 is 4.90 Å². The van der Waals surface area contributed by atoms with Crippen molar-refractivity contribution >= 4 is 17.5 Å². The van der Waals surface area contributed by atoms with E-state index in [9.17, 15) is 18.0 Å². The zero-order valence-corrected chi connectivity index (χ0v) is 10.2. The van der Waals surface area contributed by atoms with Crippen LogP contribution in [0, 0.1) is 0 Å². The van der Waals surface area contributed by atoms with Crippen molar-refractivity contribution in [2.45, 2.75) is 19.0 Å². The molecule has 100 valence electrons. The van der Waals surface area contributed by atoms with Crippen molar-refractivity contribution in [3.05, 3.63) is 0 Å². The summed E-state index contributed by atoms with van der Waals surface area (Å²) in [4.78, 5) is 14.5. The van der Waals surface area contributed by atoms with Gasteiger partial charge in [-0.3, -0.25) is 9.69 Å².